The standard InChI is InChI=1S/C16H19N3O2/c1-2-4-11(5-3-1)8-15-18-16(21-19-15)10-17-13-9-12-6-7-14(13)20-12/h1-5,12-14,17H,6-10H2. The van der Waals surface area contributed by atoms with E-state index in [4.69, 9.17) is 9.26 Å². The van der Waals surface area contributed by atoms with E-state index in [1.807, 2.05) is 18.2 Å². The molecule has 3 atom stereocenters. The third-order valence-electron chi connectivity index (χ3n) is 4.34. The molecule has 110 valence electrons. The minimum absolute atomic E-state index is 0.377. The molecule has 0 spiro atoms. The van der Waals surface area contributed by atoms with Gasteiger partial charge in [-0.3, -0.25) is 0 Å². The Morgan fingerprint density at radius 2 is 2.10 bits per heavy atom. The van der Waals surface area contributed by atoms with Crippen molar-refractivity contribution < 1.29 is 9.26 Å². The summed E-state index contributed by atoms with van der Waals surface area (Å²) >= 11 is 0. The third-order valence-corrected chi connectivity index (χ3v) is 4.34. The second kappa shape index (κ2) is 5.58. The Morgan fingerprint density at radius 3 is 2.86 bits per heavy atom. The van der Waals surface area contributed by atoms with E-state index in [1.54, 1.807) is 0 Å². The summed E-state index contributed by atoms with van der Waals surface area (Å²) in [6.45, 7) is 0.624. The molecule has 21 heavy (non-hydrogen) atoms. The van der Waals surface area contributed by atoms with Gasteiger partial charge in [0.2, 0.25) is 5.89 Å². The molecule has 1 aromatic carbocycles. The van der Waals surface area contributed by atoms with E-state index in [0.717, 1.165) is 12.2 Å². The van der Waals surface area contributed by atoms with Crippen LogP contribution in [0, 0.1) is 0 Å². The molecule has 0 saturated carbocycles. The maximum absolute atomic E-state index is 5.83. The van der Waals surface area contributed by atoms with Crippen LogP contribution in [0.25, 0.3) is 0 Å². The highest BCUT2D eigenvalue weighted by Crippen LogP contribution is 2.34. The number of rotatable bonds is 5. The number of nitrogens with zero attached hydrogens (tertiary/aromatic N) is 2. The Kier molecular flexibility index (Phi) is 3.45. The molecule has 3 heterocycles. The molecule has 0 amide bonds. The number of ether oxygens (including phenoxy) is 1. The molecule has 2 aliphatic heterocycles. The van der Waals surface area contributed by atoms with Gasteiger partial charge in [-0.2, -0.15) is 4.98 Å². The van der Waals surface area contributed by atoms with Gasteiger partial charge in [-0.1, -0.05) is 35.5 Å². The van der Waals surface area contributed by atoms with Crippen LogP contribution in [0.3, 0.4) is 0 Å². The molecule has 2 saturated heterocycles. The fourth-order valence-electron chi connectivity index (χ4n) is 3.28. The van der Waals surface area contributed by atoms with E-state index in [-0.39, 0.29) is 0 Å². The number of hydrogen-bond acceptors (Lipinski definition) is 5. The zero-order valence-electron chi connectivity index (χ0n) is 11.9. The summed E-state index contributed by atoms with van der Waals surface area (Å²) in [5.41, 5.74) is 1.19. The van der Waals surface area contributed by atoms with Crippen LogP contribution >= 0.6 is 0 Å². The zero-order chi connectivity index (χ0) is 14.1. The molecule has 5 nitrogen and oxygen atoms in total. The average molecular weight is 285 g/mol. The highest BCUT2D eigenvalue weighted by atomic mass is 16.5. The highest BCUT2D eigenvalue weighted by molar-refractivity contribution is 5.18. The smallest absolute Gasteiger partial charge is 0.240 e. The Bertz CT molecular complexity index is 599. The van der Waals surface area contributed by atoms with Crippen molar-refractivity contribution in [1.82, 2.24) is 15.5 Å². The van der Waals surface area contributed by atoms with Gasteiger partial charge in [-0.15, -0.1) is 0 Å². The maximum Gasteiger partial charge on any atom is 0.240 e. The van der Waals surface area contributed by atoms with Gasteiger partial charge in [-0.25, -0.2) is 0 Å². The fraction of sp³-hybridized carbons (Fsp3) is 0.500. The first-order valence-corrected chi connectivity index (χ1v) is 7.61. The van der Waals surface area contributed by atoms with Gasteiger partial charge in [0.15, 0.2) is 5.82 Å². The van der Waals surface area contributed by atoms with Gasteiger partial charge in [0.25, 0.3) is 0 Å². The molecular formula is C16H19N3O2. The highest BCUT2D eigenvalue weighted by Gasteiger charge is 2.40. The van der Waals surface area contributed by atoms with Crippen LogP contribution in [0.4, 0.5) is 0 Å². The Morgan fingerprint density at radius 1 is 1.19 bits per heavy atom. The lowest BCUT2D eigenvalue weighted by atomic mass is 9.95. The topological polar surface area (TPSA) is 60.2 Å². The molecule has 2 aliphatic rings. The molecule has 4 rings (SSSR count). The molecule has 0 radical (unpaired) electrons. The summed E-state index contributed by atoms with van der Waals surface area (Å²) in [7, 11) is 0. The molecule has 2 fully saturated rings. The van der Waals surface area contributed by atoms with Crippen molar-refractivity contribution in [3.63, 3.8) is 0 Å². The number of hydrogen-bond donors (Lipinski definition) is 1. The van der Waals surface area contributed by atoms with Crippen molar-refractivity contribution in [2.24, 2.45) is 0 Å². The Labute approximate surface area is 123 Å². The van der Waals surface area contributed by atoms with Crippen molar-refractivity contribution in [2.75, 3.05) is 0 Å². The van der Waals surface area contributed by atoms with E-state index in [0.29, 0.717) is 37.1 Å². The first-order chi connectivity index (χ1) is 10.4. The number of fused-ring (bicyclic) bond motifs is 2. The second-order valence-corrected chi connectivity index (χ2v) is 5.86. The van der Waals surface area contributed by atoms with Crippen molar-refractivity contribution in [1.29, 1.82) is 0 Å². The third kappa shape index (κ3) is 2.84. The maximum atomic E-state index is 5.83. The van der Waals surface area contributed by atoms with Crippen LogP contribution in [0.1, 0.15) is 36.5 Å². The van der Waals surface area contributed by atoms with Crippen LogP contribution in [0.2, 0.25) is 0 Å². The van der Waals surface area contributed by atoms with Crippen molar-refractivity contribution in [3.05, 3.63) is 47.6 Å². The van der Waals surface area contributed by atoms with E-state index >= 15 is 0 Å². The van der Waals surface area contributed by atoms with Gasteiger partial charge >= 0.3 is 0 Å². The van der Waals surface area contributed by atoms with Gasteiger partial charge in [-0.05, 0) is 24.8 Å². The van der Waals surface area contributed by atoms with Gasteiger partial charge in [0.1, 0.15) is 0 Å². The van der Waals surface area contributed by atoms with Crippen LogP contribution in [-0.2, 0) is 17.7 Å². The van der Waals surface area contributed by atoms with Crippen molar-refractivity contribution in [2.45, 2.75) is 50.5 Å². The number of nitrogens with one attached hydrogen (secondary N) is 1. The molecule has 0 aliphatic carbocycles. The largest absolute Gasteiger partial charge is 0.373 e. The van der Waals surface area contributed by atoms with Crippen molar-refractivity contribution >= 4 is 0 Å². The van der Waals surface area contributed by atoms with Crippen molar-refractivity contribution in [3.8, 4) is 0 Å². The van der Waals surface area contributed by atoms with Gasteiger partial charge in [0, 0.05) is 12.5 Å². The van der Waals surface area contributed by atoms with E-state index in [9.17, 15) is 0 Å². The minimum Gasteiger partial charge on any atom is -0.373 e. The fourth-order valence-corrected chi connectivity index (χ4v) is 3.28. The Hall–Kier alpha value is -1.72. The quantitative estimate of drug-likeness (QED) is 0.911. The zero-order valence-corrected chi connectivity index (χ0v) is 11.9. The lowest BCUT2D eigenvalue weighted by Gasteiger charge is -2.18. The second-order valence-electron chi connectivity index (χ2n) is 5.86. The van der Waals surface area contributed by atoms with Crippen LogP contribution in [0.5, 0.6) is 0 Å². The molecule has 2 aromatic rings. The SMILES string of the molecule is c1ccc(Cc2noc(CNC3CC4CCC3O4)n2)cc1. The summed E-state index contributed by atoms with van der Waals surface area (Å²) < 4.78 is 11.1. The first-order valence-electron chi connectivity index (χ1n) is 7.61. The van der Waals surface area contributed by atoms with Gasteiger partial charge < -0.3 is 14.6 Å². The average Bonchev–Trinajstić information content (AvgIpc) is 3.22. The molecule has 2 bridgehead atoms. The lowest BCUT2D eigenvalue weighted by Crippen LogP contribution is -2.37. The summed E-state index contributed by atoms with van der Waals surface area (Å²) in [6.07, 6.45) is 5.04. The van der Waals surface area contributed by atoms with Crippen LogP contribution in [0.15, 0.2) is 34.9 Å². The normalized spacial score (nSPS) is 27.3. The summed E-state index contributed by atoms with van der Waals surface area (Å²) in [4.78, 5) is 4.45. The molecule has 1 N–H and O–H groups in total. The molecular weight excluding hydrogens is 266 g/mol. The van der Waals surface area contributed by atoms with Crippen LogP contribution < -0.4 is 5.32 Å². The summed E-state index contributed by atoms with van der Waals surface area (Å²) in [5, 5.41) is 7.53. The van der Waals surface area contributed by atoms with Crippen LogP contribution in [-0.4, -0.2) is 28.4 Å². The Balaban J connectivity index is 1.32. The summed E-state index contributed by atoms with van der Waals surface area (Å²) in [6, 6.07) is 10.6. The first kappa shape index (κ1) is 13.0. The molecule has 3 unspecified atom stereocenters. The molecule has 1 aromatic heterocycles. The predicted molar refractivity (Wildman–Crippen MR) is 76.7 cm³/mol. The monoisotopic (exact) mass is 285 g/mol. The lowest BCUT2D eigenvalue weighted by molar-refractivity contribution is 0.0969. The van der Waals surface area contributed by atoms with Gasteiger partial charge in [0.05, 0.1) is 18.8 Å². The summed E-state index contributed by atoms with van der Waals surface area (Å²) in [5.74, 6) is 1.39. The van der Waals surface area contributed by atoms with E-state index in [1.165, 1.54) is 18.4 Å². The molecule has 5 heteroatoms. The number of benzene rings is 1. The van der Waals surface area contributed by atoms with E-state index in [2.05, 4.69) is 27.6 Å². The van der Waals surface area contributed by atoms with E-state index < -0.39 is 0 Å². The predicted octanol–water partition coefficient (Wildman–Crippen LogP) is 2.07. The number of aromatic nitrogens is 2. The minimum atomic E-state index is 0.377.